The molecule has 0 saturated heterocycles. The van der Waals surface area contributed by atoms with Crippen molar-refractivity contribution in [1.82, 2.24) is 5.32 Å². The lowest BCUT2D eigenvalue weighted by atomic mass is 10.1. The van der Waals surface area contributed by atoms with Crippen LogP contribution in [0, 0.1) is 0 Å². The van der Waals surface area contributed by atoms with Crippen molar-refractivity contribution in [3.8, 4) is 11.5 Å². The maximum atomic E-state index is 12.6. The predicted molar refractivity (Wildman–Crippen MR) is 96.7 cm³/mol. The number of benzene rings is 2. The minimum Gasteiger partial charge on any atom is -0.493 e. The van der Waals surface area contributed by atoms with Crippen molar-refractivity contribution in [2.75, 3.05) is 7.11 Å². The Labute approximate surface area is 163 Å². The first-order chi connectivity index (χ1) is 13.6. The second-order valence-electron chi connectivity index (χ2n) is 5.94. The summed E-state index contributed by atoms with van der Waals surface area (Å²) in [7, 11) is 1.29. The molecule has 2 aromatic rings. The first-order valence-corrected chi connectivity index (χ1v) is 8.39. The van der Waals surface area contributed by atoms with Gasteiger partial charge in [-0.2, -0.15) is 22.0 Å². The summed E-state index contributed by atoms with van der Waals surface area (Å²) >= 11 is 0. The van der Waals surface area contributed by atoms with E-state index in [0.717, 1.165) is 18.2 Å². The molecule has 1 amide bonds. The molecule has 0 aliphatic carbocycles. The van der Waals surface area contributed by atoms with Crippen molar-refractivity contribution in [3.63, 3.8) is 0 Å². The average Bonchev–Trinajstić information content (AvgIpc) is 2.66. The van der Waals surface area contributed by atoms with Crippen molar-refractivity contribution < 1.29 is 36.2 Å². The van der Waals surface area contributed by atoms with Gasteiger partial charge in [0.15, 0.2) is 11.5 Å². The molecule has 0 aromatic heterocycles. The number of nitrogens with one attached hydrogen (secondary N) is 1. The molecule has 1 N–H and O–H groups in total. The Kier molecular flexibility index (Phi) is 7.19. The maximum absolute atomic E-state index is 12.6. The third-order valence-electron chi connectivity index (χ3n) is 3.95. The van der Waals surface area contributed by atoms with Crippen LogP contribution < -0.4 is 14.8 Å². The number of hydrogen-bond donors (Lipinski definition) is 1. The van der Waals surface area contributed by atoms with Crippen LogP contribution >= 0.6 is 0 Å². The van der Waals surface area contributed by atoms with Gasteiger partial charge in [0.25, 0.3) is 0 Å². The zero-order chi connectivity index (χ0) is 21.6. The summed E-state index contributed by atoms with van der Waals surface area (Å²) in [6.45, 7) is -1.47. The lowest BCUT2D eigenvalue weighted by Gasteiger charge is -2.15. The van der Waals surface area contributed by atoms with Gasteiger partial charge in [-0.05, 0) is 36.8 Å². The second-order valence-corrected chi connectivity index (χ2v) is 5.94. The van der Waals surface area contributed by atoms with E-state index in [0.29, 0.717) is 5.56 Å². The molecule has 2 rings (SSSR count). The van der Waals surface area contributed by atoms with Crippen LogP contribution in [0.3, 0.4) is 0 Å². The topological polar surface area (TPSA) is 47.6 Å². The molecule has 0 bridgehead atoms. The van der Waals surface area contributed by atoms with Crippen LogP contribution in [0.1, 0.15) is 29.7 Å². The van der Waals surface area contributed by atoms with E-state index in [2.05, 4.69) is 10.1 Å². The van der Waals surface area contributed by atoms with Crippen LogP contribution in [0.15, 0.2) is 48.5 Å². The van der Waals surface area contributed by atoms with Gasteiger partial charge in [-0.3, -0.25) is 4.79 Å². The molecule has 0 fully saturated rings. The molecule has 1 unspecified atom stereocenters. The highest BCUT2D eigenvalue weighted by Gasteiger charge is 2.30. The third-order valence-corrected chi connectivity index (χ3v) is 3.95. The van der Waals surface area contributed by atoms with E-state index in [9.17, 15) is 26.7 Å². The first-order valence-electron chi connectivity index (χ1n) is 8.39. The monoisotopic (exact) mass is 415 g/mol. The standard InChI is InChI=1S/C20H18F5NO3/c1-12(13-6-9-15(10-7-13)20(23,24)25)26-17(27)11-8-14-4-3-5-16(28-2)18(14)29-19(21)22/h3-12,19H,1-2H3,(H,26,27)/b11-8+. The van der Waals surface area contributed by atoms with E-state index < -0.39 is 30.3 Å². The van der Waals surface area contributed by atoms with Crippen molar-refractivity contribution >= 4 is 12.0 Å². The van der Waals surface area contributed by atoms with Crippen molar-refractivity contribution in [3.05, 3.63) is 65.2 Å². The van der Waals surface area contributed by atoms with Gasteiger partial charge in [-0.25, -0.2) is 0 Å². The summed E-state index contributed by atoms with van der Waals surface area (Å²) in [5.74, 6) is -0.709. The van der Waals surface area contributed by atoms with Crippen LogP contribution in [-0.2, 0) is 11.0 Å². The van der Waals surface area contributed by atoms with Crippen LogP contribution in [0.5, 0.6) is 11.5 Å². The molecule has 29 heavy (non-hydrogen) atoms. The summed E-state index contributed by atoms with van der Waals surface area (Å²) in [5.41, 5.74) is -0.117. The summed E-state index contributed by atoms with van der Waals surface area (Å²) in [6.07, 6.45) is -2.06. The normalized spacial score (nSPS) is 12.8. The summed E-state index contributed by atoms with van der Waals surface area (Å²) in [4.78, 5) is 12.1. The van der Waals surface area contributed by atoms with Crippen LogP contribution in [0.25, 0.3) is 6.08 Å². The number of hydrogen-bond acceptors (Lipinski definition) is 3. The van der Waals surface area contributed by atoms with Crippen LogP contribution in [0.4, 0.5) is 22.0 Å². The highest BCUT2D eigenvalue weighted by Crippen LogP contribution is 2.33. The van der Waals surface area contributed by atoms with E-state index in [4.69, 9.17) is 4.74 Å². The van der Waals surface area contributed by atoms with Crippen LogP contribution in [-0.4, -0.2) is 19.6 Å². The second kappa shape index (κ2) is 9.40. The quantitative estimate of drug-likeness (QED) is 0.499. The minimum atomic E-state index is -4.44. The lowest BCUT2D eigenvalue weighted by Crippen LogP contribution is -2.24. The Morgan fingerprint density at radius 1 is 1.10 bits per heavy atom. The van der Waals surface area contributed by atoms with Crippen molar-refractivity contribution in [1.29, 1.82) is 0 Å². The molecule has 156 valence electrons. The van der Waals surface area contributed by atoms with Gasteiger partial charge in [0.1, 0.15) is 0 Å². The third kappa shape index (κ3) is 6.20. The van der Waals surface area contributed by atoms with Gasteiger partial charge in [0, 0.05) is 11.6 Å². The smallest absolute Gasteiger partial charge is 0.416 e. The van der Waals surface area contributed by atoms with Gasteiger partial charge in [-0.15, -0.1) is 0 Å². The summed E-state index contributed by atoms with van der Waals surface area (Å²) in [6, 6.07) is 8.26. The summed E-state index contributed by atoms with van der Waals surface area (Å²) in [5, 5.41) is 2.59. The molecule has 0 aliphatic heterocycles. The summed E-state index contributed by atoms with van der Waals surface area (Å²) < 4.78 is 72.5. The van der Waals surface area contributed by atoms with Crippen LogP contribution in [0.2, 0.25) is 0 Å². The van der Waals surface area contributed by atoms with E-state index in [1.165, 1.54) is 37.5 Å². The number of rotatable bonds is 7. The molecule has 1 atom stereocenters. The van der Waals surface area contributed by atoms with E-state index >= 15 is 0 Å². The molecule has 4 nitrogen and oxygen atoms in total. The van der Waals surface area contributed by atoms with Gasteiger partial charge < -0.3 is 14.8 Å². The van der Waals surface area contributed by atoms with Gasteiger partial charge in [0.2, 0.25) is 5.91 Å². The fraction of sp³-hybridized carbons (Fsp3) is 0.250. The van der Waals surface area contributed by atoms with Gasteiger partial charge >= 0.3 is 12.8 Å². The number of carbonyl (C=O) groups excluding carboxylic acids is 1. The minimum absolute atomic E-state index is 0.0750. The van der Waals surface area contributed by atoms with Gasteiger partial charge in [0.05, 0.1) is 18.7 Å². The fourth-order valence-electron chi connectivity index (χ4n) is 2.51. The first kappa shape index (κ1) is 22.2. The number of methoxy groups -OCH3 is 1. The van der Waals surface area contributed by atoms with Gasteiger partial charge in [-0.1, -0.05) is 24.3 Å². The Morgan fingerprint density at radius 3 is 2.31 bits per heavy atom. The number of carbonyl (C=O) groups is 1. The molecule has 2 aromatic carbocycles. The van der Waals surface area contributed by atoms with Crippen molar-refractivity contribution in [2.45, 2.75) is 25.8 Å². The Morgan fingerprint density at radius 2 is 1.76 bits per heavy atom. The number of amides is 1. The molecule has 0 heterocycles. The number of ether oxygens (including phenoxy) is 2. The molecule has 0 radical (unpaired) electrons. The Balaban J connectivity index is 2.10. The number of para-hydroxylation sites is 1. The Hall–Kier alpha value is -3.10. The molecule has 0 saturated carbocycles. The molecule has 0 spiro atoms. The number of halogens is 5. The highest BCUT2D eigenvalue weighted by atomic mass is 19.4. The van der Waals surface area contributed by atoms with E-state index in [-0.39, 0.29) is 17.1 Å². The van der Waals surface area contributed by atoms with E-state index in [1.54, 1.807) is 13.0 Å². The molecular formula is C20H18F5NO3. The lowest BCUT2D eigenvalue weighted by molar-refractivity contribution is -0.137. The number of alkyl halides is 5. The molecule has 9 heteroatoms. The van der Waals surface area contributed by atoms with E-state index in [1.807, 2.05) is 0 Å². The zero-order valence-corrected chi connectivity index (χ0v) is 15.5. The predicted octanol–water partition coefficient (Wildman–Crippen LogP) is 5.21. The zero-order valence-electron chi connectivity index (χ0n) is 15.5. The average molecular weight is 415 g/mol. The molecule has 0 aliphatic rings. The largest absolute Gasteiger partial charge is 0.493 e. The maximum Gasteiger partial charge on any atom is 0.416 e. The fourth-order valence-corrected chi connectivity index (χ4v) is 2.51. The SMILES string of the molecule is COc1cccc(/C=C/C(=O)NC(C)c2ccc(C(F)(F)F)cc2)c1OC(F)F. The highest BCUT2D eigenvalue weighted by molar-refractivity contribution is 5.92. The van der Waals surface area contributed by atoms with Crippen molar-refractivity contribution in [2.24, 2.45) is 0 Å². The Bertz CT molecular complexity index is 863. The molecular weight excluding hydrogens is 397 g/mol.